The van der Waals surface area contributed by atoms with Crippen LogP contribution in [0.5, 0.6) is 0 Å². The average molecular weight is 384 g/mol. The number of nitrogens with two attached hydrogens (primary N) is 1. The van der Waals surface area contributed by atoms with Gasteiger partial charge < -0.3 is 15.8 Å². The van der Waals surface area contributed by atoms with Crippen molar-refractivity contribution in [1.82, 2.24) is 4.90 Å². The summed E-state index contributed by atoms with van der Waals surface area (Å²) >= 11 is 3.35. The quantitative estimate of drug-likeness (QED) is 0.766. The summed E-state index contributed by atoms with van der Waals surface area (Å²) in [6.45, 7) is 5.93. The first-order chi connectivity index (χ1) is 10.7. The zero-order valence-corrected chi connectivity index (χ0v) is 15.1. The van der Waals surface area contributed by atoms with E-state index in [9.17, 15) is 9.59 Å². The van der Waals surface area contributed by atoms with Gasteiger partial charge in [-0.1, -0.05) is 15.9 Å². The van der Waals surface area contributed by atoms with E-state index in [1.807, 2.05) is 0 Å². The van der Waals surface area contributed by atoms with Crippen LogP contribution in [0, 0.1) is 0 Å². The minimum atomic E-state index is -0.588. The van der Waals surface area contributed by atoms with Gasteiger partial charge >= 0.3 is 6.09 Å². The number of benzene rings is 1. The second-order valence-electron chi connectivity index (χ2n) is 6.55. The number of hydrogen-bond acceptors (Lipinski definition) is 4. The standard InChI is InChI=1S/C16H22BrN3O3/c1-16(2,3)23-15(22)20-8-4-5-13(20)14(21)19-12-9-10(17)6-7-11(12)18/h6-7,9,13H,4-5,8,18H2,1-3H3,(H,19,21)/t13-/m1/s1. The summed E-state index contributed by atoms with van der Waals surface area (Å²) in [7, 11) is 0. The van der Waals surface area contributed by atoms with Gasteiger partial charge in [0.2, 0.25) is 5.91 Å². The third-order valence-corrected chi connectivity index (χ3v) is 3.95. The van der Waals surface area contributed by atoms with Gasteiger partial charge in [0.25, 0.3) is 0 Å². The maximum atomic E-state index is 12.5. The maximum Gasteiger partial charge on any atom is 0.410 e. The highest BCUT2D eigenvalue weighted by atomic mass is 79.9. The Balaban J connectivity index is 2.08. The molecule has 0 saturated carbocycles. The van der Waals surface area contributed by atoms with Crippen molar-refractivity contribution in [2.24, 2.45) is 0 Å². The molecule has 0 aromatic heterocycles. The molecule has 0 radical (unpaired) electrons. The second kappa shape index (κ2) is 6.78. The highest BCUT2D eigenvalue weighted by Gasteiger charge is 2.36. The third-order valence-electron chi connectivity index (χ3n) is 3.46. The van der Waals surface area contributed by atoms with Crippen LogP contribution < -0.4 is 11.1 Å². The third kappa shape index (κ3) is 4.60. The van der Waals surface area contributed by atoms with Crippen molar-refractivity contribution in [3.63, 3.8) is 0 Å². The van der Waals surface area contributed by atoms with E-state index in [0.717, 1.165) is 10.9 Å². The highest BCUT2D eigenvalue weighted by molar-refractivity contribution is 9.10. The van der Waals surface area contributed by atoms with E-state index in [-0.39, 0.29) is 5.91 Å². The molecule has 0 spiro atoms. The first-order valence-electron chi connectivity index (χ1n) is 7.53. The average Bonchev–Trinajstić information content (AvgIpc) is 2.90. The Hall–Kier alpha value is -1.76. The van der Waals surface area contributed by atoms with Crippen LogP contribution in [-0.4, -0.2) is 35.1 Å². The molecule has 1 saturated heterocycles. The molecule has 0 unspecified atom stereocenters. The van der Waals surface area contributed by atoms with Gasteiger partial charge in [-0.15, -0.1) is 0 Å². The van der Waals surface area contributed by atoms with Crippen LogP contribution in [-0.2, 0) is 9.53 Å². The molecule has 1 aromatic rings. The molecule has 2 amide bonds. The summed E-state index contributed by atoms with van der Waals surface area (Å²) in [6.07, 6.45) is 0.918. The summed E-state index contributed by atoms with van der Waals surface area (Å²) in [5, 5.41) is 2.80. The van der Waals surface area contributed by atoms with Crippen molar-refractivity contribution in [2.75, 3.05) is 17.6 Å². The minimum absolute atomic E-state index is 0.252. The fraction of sp³-hybridized carbons (Fsp3) is 0.500. The van der Waals surface area contributed by atoms with Crippen LogP contribution in [0.25, 0.3) is 0 Å². The fourth-order valence-corrected chi connectivity index (χ4v) is 2.79. The molecule has 3 N–H and O–H groups in total. The Bertz CT molecular complexity index is 613. The van der Waals surface area contributed by atoms with Crippen molar-refractivity contribution in [3.05, 3.63) is 22.7 Å². The largest absolute Gasteiger partial charge is 0.444 e. The van der Waals surface area contributed by atoms with E-state index in [1.54, 1.807) is 39.0 Å². The second-order valence-corrected chi connectivity index (χ2v) is 7.47. The first-order valence-corrected chi connectivity index (χ1v) is 8.32. The monoisotopic (exact) mass is 383 g/mol. The highest BCUT2D eigenvalue weighted by Crippen LogP contribution is 2.26. The number of hydrogen-bond donors (Lipinski definition) is 2. The Labute approximate surface area is 144 Å². The Kier molecular flexibility index (Phi) is 5.19. The number of carbonyl (C=O) groups is 2. The van der Waals surface area contributed by atoms with Crippen LogP contribution in [0.3, 0.4) is 0 Å². The number of amides is 2. The van der Waals surface area contributed by atoms with Gasteiger partial charge in [0, 0.05) is 11.0 Å². The van der Waals surface area contributed by atoms with E-state index in [1.165, 1.54) is 4.90 Å². The predicted octanol–water partition coefficient (Wildman–Crippen LogP) is 3.37. The molecule has 0 bridgehead atoms. The number of nitrogens with zero attached hydrogens (tertiary/aromatic N) is 1. The van der Waals surface area contributed by atoms with Gasteiger partial charge in [0.05, 0.1) is 11.4 Å². The topological polar surface area (TPSA) is 84.7 Å². The van der Waals surface area contributed by atoms with E-state index < -0.39 is 17.7 Å². The summed E-state index contributed by atoms with van der Waals surface area (Å²) in [5.74, 6) is -0.252. The molecule has 1 atom stereocenters. The van der Waals surface area contributed by atoms with Crippen molar-refractivity contribution < 1.29 is 14.3 Å². The molecule has 6 nitrogen and oxygen atoms in total. The lowest BCUT2D eigenvalue weighted by Crippen LogP contribution is -2.45. The maximum absolute atomic E-state index is 12.5. The number of rotatable bonds is 2. The lowest BCUT2D eigenvalue weighted by atomic mass is 10.2. The van der Waals surface area contributed by atoms with Crippen LogP contribution in [0.4, 0.5) is 16.2 Å². The van der Waals surface area contributed by atoms with Crippen LogP contribution in [0.15, 0.2) is 22.7 Å². The van der Waals surface area contributed by atoms with E-state index >= 15 is 0 Å². The normalized spacial score (nSPS) is 17.9. The molecule has 0 aliphatic carbocycles. The van der Waals surface area contributed by atoms with Gasteiger partial charge in [0.1, 0.15) is 11.6 Å². The molecule has 1 heterocycles. The Morgan fingerprint density at radius 2 is 2.09 bits per heavy atom. The molecule has 1 aliphatic rings. The Morgan fingerprint density at radius 1 is 1.39 bits per heavy atom. The number of halogens is 1. The molecule has 1 fully saturated rings. The summed E-state index contributed by atoms with van der Waals surface area (Å²) in [5.41, 5.74) is 6.29. The molecule has 2 rings (SSSR count). The van der Waals surface area contributed by atoms with Crippen molar-refractivity contribution in [3.8, 4) is 0 Å². The minimum Gasteiger partial charge on any atom is -0.444 e. The smallest absolute Gasteiger partial charge is 0.410 e. The lowest BCUT2D eigenvalue weighted by Gasteiger charge is -2.28. The molecule has 1 aliphatic heterocycles. The van der Waals surface area contributed by atoms with Crippen molar-refractivity contribution >= 4 is 39.3 Å². The molecule has 7 heteroatoms. The number of ether oxygens (including phenoxy) is 1. The van der Waals surface area contributed by atoms with Gasteiger partial charge in [-0.3, -0.25) is 9.69 Å². The first kappa shape index (κ1) is 17.6. The zero-order chi connectivity index (χ0) is 17.2. The van der Waals surface area contributed by atoms with Gasteiger partial charge in [-0.05, 0) is 51.8 Å². The molecule has 126 valence electrons. The number of nitrogens with one attached hydrogen (secondary N) is 1. The van der Waals surface area contributed by atoms with Gasteiger partial charge in [-0.2, -0.15) is 0 Å². The van der Waals surface area contributed by atoms with Crippen LogP contribution in [0.1, 0.15) is 33.6 Å². The zero-order valence-electron chi connectivity index (χ0n) is 13.6. The van der Waals surface area contributed by atoms with Crippen molar-refractivity contribution in [1.29, 1.82) is 0 Å². The van der Waals surface area contributed by atoms with Crippen LogP contribution >= 0.6 is 15.9 Å². The van der Waals surface area contributed by atoms with Crippen LogP contribution in [0.2, 0.25) is 0 Å². The van der Waals surface area contributed by atoms with Gasteiger partial charge in [-0.25, -0.2) is 4.79 Å². The van der Waals surface area contributed by atoms with E-state index in [2.05, 4.69) is 21.2 Å². The summed E-state index contributed by atoms with van der Waals surface area (Å²) < 4.78 is 6.19. The number of nitrogen functional groups attached to an aromatic ring is 1. The van der Waals surface area contributed by atoms with E-state index in [4.69, 9.17) is 10.5 Å². The SMILES string of the molecule is CC(C)(C)OC(=O)N1CCC[C@@H]1C(=O)Nc1cc(Br)ccc1N. The van der Waals surface area contributed by atoms with E-state index in [0.29, 0.717) is 24.3 Å². The fourth-order valence-electron chi connectivity index (χ4n) is 2.43. The van der Waals surface area contributed by atoms with Crippen molar-refractivity contribution in [2.45, 2.75) is 45.3 Å². The lowest BCUT2D eigenvalue weighted by molar-refractivity contribution is -0.120. The molecular weight excluding hydrogens is 362 g/mol. The number of carbonyl (C=O) groups excluding carboxylic acids is 2. The summed E-state index contributed by atoms with van der Waals surface area (Å²) in [4.78, 5) is 26.2. The Morgan fingerprint density at radius 3 is 2.74 bits per heavy atom. The predicted molar refractivity (Wildman–Crippen MR) is 93.1 cm³/mol. The molecule has 23 heavy (non-hydrogen) atoms. The molecule has 1 aromatic carbocycles. The summed E-state index contributed by atoms with van der Waals surface area (Å²) in [6, 6.07) is 4.70. The molecular formula is C16H22BrN3O3. The number of likely N-dealkylation sites (tertiary alicyclic amines) is 1. The number of anilines is 2. The van der Waals surface area contributed by atoms with Gasteiger partial charge in [0.15, 0.2) is 0 Å².